The van der Waals surface area contributed by atoms with Gasteiger partial charge in [0.25, 0.3) is 0 Å². The van der Waals surface area contributed by atoms with E-state index < -0.39 is 0 Å². The zero-order valence-corrected chi connectivity index (χ0v) is 17.4. The molecule has 2 aromatic rings. The average Bonchev–Trinajstić information content (AvgIpc) is 2.77. The Hall–Kier alpha value is -2.53. The molecule has 0 saturated carbocycles. The number of ether oxygens (including phenoxy) is 2. The monoisotopic (exact) mass is 396 g/mol. The first-order valence-corrected chi connectivity index (χ1v) is 10.5. The van der Waals surface area contributed by atoms with Crippen molar-refractivity contribution in [2.45, 2.75) is 39.3 Å². The van der Waals surface area contributed by atoms with E-state index in [1.165, 1.54) is 0 Å². The lowest BCUT2D eigenvalue weighted by Crippen LogP contribution is -2.33. The number of amides is 1. The van der Waals surface area contributed by atoms with Gasteiger partial charge in [-0.1, -0.05) is 43.3 Å². The highest BCUT2D eigenvalue weighted by molar-refractivity contribution is 5.76. The van der Waals surface area contributed by atoms with E-state index in [4.69, 9.17) is 9.47 Å². The van der Waals surface area contributed by atoms with Crippen LogP contribution < -0.4 is 20.1 Å². The van der Waals surface area contributed by atoms with Crippen LogP contribution in [0.15, 0.2) is 48.5 Å². The minimum absolute atomic E-state index is 0.111. The van der Waals surface area contributed by atoms with E-state index in [2.05, 4.69) is 17.6 Å². The van der Waals surface area contributed by atoms with E-state index in [1.807, 2.05) is 48.5 Å². The second kappa shape index (κ2) is 10.9. The van der Waals surface area contributed by atoms with Gasteiger partial charge in [-0.25, -0.2) is 0 Å². The van der Waals surface area contributed by atoms with Crippen LogP contribution in [-0.4, -0.2) is 26.1 Å². The van der Waals surface area contributed by atoms with Crippen molar-refractivity contribution < 1.29 is 14.3 Å². The molecule has 0 aliphatic carbocycles. The number of carbonyl (C=O) groups is 1. The molecule has 0 bridgehead atoms. The van der Waals surface area contributed by atoms with Crippen molar-refractivity contribution in [1.29, 1.82) is 0 Å². The maximum Gasteiger partial charge on any atom is 0.220 e. The van der Waals surface area contributed by atoms with Gasteiger partial charge in [-0.15, -0.1) is 0 Å². The molecule has 1 fully saturated rings. The molecule has 0 aromatic heterocycles. The molecular weight excluding hydrogens is 364 g/mol. The Balaban J connectivity index is 1.49. The van der Waals surface area contributed by atoms with Gasteiger partial charge in [-0.2, -0.15) is 0 Å². The number of hydrogen-bond donors (Lipinski definition) is 2. The van der Waals surface area contributed by atoms with Crippen molar-refractivity contribution >= 4 is 5.91 Å². The van der Waals surface area contributed by atoms with Crippen molar-refractivity contribution in [3.05, 3.63) is 59.7 Å². The van der Waals surface area contributed by atoms with Gasteiger partial charge >= 0.3 is 0 Å². The fourth-order valence-corrected chi connectivity index (χ4v) is 3.82. The number of nitrogens with one attached hydrogen (secondary N) is 2. The smallest absolute Gasteiger partial charge is 0.220 e. The molecule has 2 N–H and O–H groups in total. The summed E-state index contributed by atoms with van der Waals surface area (Å²) >= 11 is 0. The van der Waals surface area contributed by atoms with Crippen LogP contribution in [0.1, 0.15) is 37.3 Å². The van der Waals surface area contributed by atoms with E-state index in [-0.39, 0.29) is 5.91 Å². The molecule has 156 valence electrons. The highest BCUT2D eigenvalue weighted by Gasteiger charge is 2.21. The highest BCUT2D eigenvalue weighted by atomic mass is 16.5. The third-order valence-corrected chi connectivity index (χ3v) is 5.65. The summed E-state index contributed by atoms with van der Waals surface area (Å²) < 4.78 is 11.4. The van der Waals surface area contributed by atoms with Crippen LogP contribution in [0.3, 0.4) is 0 Å². The summed E-state index contributed by atoms with van der Waals surface area (Å²) in [5.41, 5.74) is 2.10. The van der Waals surface area contributed by atoms with Crippen LogP contribution in [0, 0.1) is 11.8 Å². The quantitative estimate of drug-likeness (QED) is 0.675. The lowest BCUT2D eigenvalue weighted by molar-refractivity contribution is -0.122. The topological polar surface area (TPSA) is 59.6 Å². The number of rotatable bonds is 9. The molecular formula is C24H32N2O3. The lowest BCUT2D eigenvalue weighted by atomic mass is 9.84. The molecule has 3 rings (SSSR count). The lowest BCUT2D eigenvalue weighted by Gasteiger charge is -2.27. The molecule has 0 radical (unpaired) electrons. The Kier molecular flexibility index (Phi) is 7.94. The molecule has 1 amide bonds. The van der Waals surface area contributed by atoms with Crippen LogP contribution in [0.25, 0.3) is 0 Å². The van der Waals surface area contributed by atoms with E-state index in [0.29, 0.717) is 42.9 Å². The van der Waals surface area contributed by atoms with Crippen LogP contribution in [0.5, 0.6) is 11.5 Å². The van der Waals surface area contributed by atoms with Gasteiger partial charge in [-0.3, -0.25) is 4.79 Å². The molecule has 5 nitrogen and oxygen atoms in total. The zero-order valence-electron chi connectivity index (χ0n) is 17.4. The van der Waals surface area contributed by atoms with Crippen molar-refractivity contribution in [2.75, 3.05) is 20.2 Å². The number of hydrogen-bond acceptors (Lipinski definition) is 4. The zero-order chi connectivity index (χ0) is 20.5. The molecule has 0 spiro atoms. The maximum absolute atomic E-state index is 12.4. The van der Waals surface area contributed by atoms with Crippen LogP contribution in [0.4, 0.5) is 0 Å². The van der Waals surface area contributed by atoms with Gasteiger partial charge in [0.05, 0.1) is 7.11 Å². The maximum atomic E-state index is 12.4. The Morgan fingerprint density at radius 3 is 2.59 bits per heavy atom. The van der Waals surface area contributed by atoms with Crippen LogP contribution in [-0.2, 0) is 17.9 Å². The first-order valence-electron chi connectivity index (χ1n) is 10.5. The molecule has 29 heavy (non-hydrogen) atoms. The summed E-state index contributed by atoms with van der Waals surface area (Å²) in [7, 11) is 1.63. The Morgan fingerprint density at radius 1 is 1.10 bits per heavy atom. The average molecular weight is 397 g/mol. The van der Waals surface area contributed by atoms with Crippen LogP contribution in [0.2, 0.25) is 0 Å². The molecule has 1 atom stereocenters. The summed E-state index contributed by atoms with van der Waals surface area (Å²) in [5, 5.41) is 6.43. The minimum atomic E-state index is 0.111. The van der Waals surface area contributed by atoms with Crippen LogP contribution >= 0.6 is 0 Å². The fraction of sp³-hybridized carbons (Fsp3) is 0.458. The van der Waals surface area contributed by atoms with E-state index in [9.17, 15) is 4.79 Å². The minimum Gasteiger partial charge on any atom is -0.493 e. The molecule has 5 heteroatoms. The first-order chi connectivity index (χ1) is 14.2. The number of methoxy groups -OCH3 is 1. The van der Waals surface area contributed by atoms with Gasteiger partial charge in [0, 0.05) is 13.0 Å². The molecule has 2 aromatic carbocycles. The fourth-order valence-electron chi connectivity index (χ4n) is 3.82. The Bertz CT molecular complexity index is 773. The van der Waals surface area contributed by atoms with E-state index in [1.54, 1.807) is 7.11 Å². The van der Waals surface area contributed by atoms with Gasteiger partial charge in [0.1, 0.15) is 6.61 Å². The number of carbonyl (C=O) groups excluding carboxylic acids is 1. The van der Waals surface area contributed by atoms with Crippen molar-refractivity contribution in [2.24, 2.45) is 11.8 Å². The Labute approximate surface area is 173 Å². The predicted molar refractivity (Wildman–Crippen MR) is 115 cm³/mol. The molecule has 1 heterocycles. The SMILES string of the molecule is COc1cc(CNC(=O)CC(C)C2CCNCC2)ccc1OCc1ccccc1. The van der Waals surface area contributed by atoms with Gasteiger partial charge in [0.15, 0.2) is 11.5 Å². The third kappa shape index (κ3) is 6.50. The standard InChI is InChI=1S/C24H32N2O3/c1-18(21-10-12-25-13-11-21)14-24(27)26-16-20-8-9-22(23(15-20)28-2)29-17-19-6-4-3-5-7-19/h3-9,15,18,21,25H,10-14,16-17H2,1-2H3,(H,26,27). The van der Waals surface area contributed by atoms with Gasteiger partial charge in [0.2, 0.25) is 5.91 Å². The molecule has 1 aliphatic heterocycles. The second-order valence-electron chi connectivity index (χ2n) is 7.81. The van der Waals surface area contributed by atoms with Crippen molar-refractivity contribution in [3.63, 3.8) is 0 Å². The summed E-state index contributed by atoms with van der Waals surface area (Å²) in [5.74, 6) is 2.55. The normalized spacial score (nSPS) is 15.5. The number of benzene rings is 2. The molecule has 1 unspecified atom stereocenters. The summed E-state index contributed by atoms with van der Waals surface area (Å²) in [6, 6.07) is 15.8. The predicted octanol–water partition coefficient (Wildman–Crippen LogP) is 3.92. The second-order valence-corrected chi connectivity index (χ2v) is 7.81. The summed E-state index contributed by atoms with van der Waals surface area (Å²) in [4.78, 5) is 12.4. The Morgan fingerprint density at radius 2 is 1.86 bits per heavy atom. The summed E-state index contributed by atoms with van der Waals surface area (Å²) in [6.07, 6.45) is 2.91. The summed E-state index contributed by atoms with van der Waals surface area (Å²) in [6.45, 7) is 5.30. The van der Waals surface area contributed by atoms with Crippen molar-refractivity contribution in [1.82, 2.24) is 10.6 Å². The molecule has 1 aliphatic rings. The van der Waals surface area contributed by atoms with E-state index in [0.717, 1.165) is 37.1 Å². The third-order valence-electron chi connectivity index (χ3n) is 5.65. The first kappa shape index (κ1) is 21.2. The largest absolute Gasteiger partial charge is 0.493 e. The highest BCUT2D eigenvalue weighted by Crippen LogP contribution is 2.29. The molecule has 1 saturated heterocycles. The van der Waals surface area contributed by atoms with Gasteiger partial charge in [-0.05, 0) is 61.0 Å². The van der Waals surface area contributed by atoms with Crippen molar-refractivity contribution in [3.8, 4) is 11.5 Å². The van der Waals surface area contributed by atoms with Gasteiger partial charge < -0.3 is 20.1 Å². The van der Waals surface area contributed by atoms with E-state index >= 15 is 0 Å². The number of piperidine rings is 1.